The molecule has 2 aromatic carbocycles. The first kappa shape index (κ1) is 29.2. The maximum absolute atomic E-state index is 16.2. The molecule has 13 heteroatoms. The van der Waals surface area contributed by atoms with Crippen LogP contribution in [0.2, 0.25) is 0 Å². The molecule has 0 unspecified atom stereocenters. The van der Waals surface area contributed by atoms with Crippen molar-refractivity contribution in [1.29, 1.82) is 0 Å². The van der Waals surface area contributed by atoms with E-state index in [-0.39, 0.29) is 19.0 Å². The van der Waals surface area contributed by atoms with E-state index in [0.717, 1.165) is 6.26 Å². The van der Waals surface area contributed by atoms with Crippen LogP contribution in [0, 0.1) is 11.6 Å². The van der Waals surface area contributed by atoms with Crippen LogP contribution >= 0.6 is 0 Å². The normalized spacial score (nSPS) is 12.8. The third-order valence-corrected chi connectivity index (χ3v) is 7.75. The van der Waals surface area contributed by atoms with E-state index in [2.05, 4.69) is 30.0 Å². The number of carbonyl (C=O) groups excluding carboxylic acids is 1. The summed E-state index contributed by atoms with van der Waals surface area (Å²) in [7, 11) is -3.48. The van der Waals surface area contributed by atoms with Crippen molar-refractivity contribution >= 4 is 38.4 Å². The first-order valence-electron chi connectivity index (χ1n) is 13.8. The van der Waals surface area contributed by atoms with E-state index in [1.54, 1.807) is 36.5 Å². The smallest absolute Gasteiger partial charge is 0.224 e. The molecule has 0 aliphatic carbocycles. The lowest BCUT2D eigenvalue weighted by molar-refractivity contribution is -0.116. The highest BCUT2D eigenvalue weighted by Crippen LogP contribution is 2.34. The van der Waals surface area contributed by atoms with E-state index in [4.69, 9.17) is 4.98 Å². The summed E-state index contributed by atoms with van der Waals surface area (Å²) >= 11 is 0. The zero-order valence-electron chi connectivity index (χ0n) is 23.8. The number of nitrogens with one attached hydrogen (secondary N) is 3. The molecule has 1 aliphatic heterocycles. The summed E-state index contributed by atoms with van der Waals surface area (Å²) in [5, 5.41) is 2.79. The predicted molar refractivity (Wildman–Crippen MR) is 163 cm³/mol. The molecule has 10 nitrogen and oxygen atoms in total. The number of hydrogen-bond acceptors (Lipinski definition) is 7. The Hall–Kier alpha value is -4.88. The van der Waals surface area contributed by atoms with Gasteiger partial charge < -0.3 is 10.3 Å². The van der Waals surface area contributed by atoms with Crippen LogP contribution < -0.4 is 10.0 Å². The van der Waals surface area contributed by atoms with Gasteiger partial charge in [0.1, 0.15) is 22.9 Å². The van der Waals surface area contributed by atoms with Crippen LogP contribution in [0.5, 0.6) is 0 Å². The number of imidazole rings is 1. The number of aromatic nitrogens is 4. The van der Waals surface area contributed by atoms with Crippen molar-refractivity contribution < 1.29 is 22.0 Å². The van der Waals surface area contributed by atoms with Crippen molar-refractivity contribution in [2.45, 2.75) is 32.9 Å². The maximum atomic E-state index is 16.2. The number of pyridine rings is 2. The number of anilines is 1. The van der Waals surface area contributed by atoms with Crippen molar-refractivity contribution in [1.82, 2.24) is 24.7 Å². The maximum Gasteiger partial charge on any atom is 0.224 e. The van der Waals surface area contributed by atoms with E-state index < -0.39 is 21.7 Å². The Balaban J connectivity index is 1.36. The van der Waals surface area contributed by atoms with Gasteiger partial charge in [0.15, 0.2) is 5.82 Å². The summed E-state index contributed by atoms with van der Waals surface area (Å²) in [6.45, 7) is 2.08. The molecule has 5 aromatic rings. The molecule has 224 valence electrons. The monoisotopic (exact) mass is 615 g/mol. The highest BCUT2D eigenvalue weighted by molar-refractivity contribution is 7.88. The SMILES string of the molecule is CCCC(=O)Nc1cncc(-c2ccc3c(c2F)C(c2nc4c(-c5cc(F)cc(CNS(C)(=O)=O)c5)nccc4[nH]2)=NC3)c1. The van der Waals surface area contributed by atoms with Gasteiger partial charge in [-0.25, -0.2) is 26.9 Å². The quantitative estimate of drug-likeness (QED) is 0.211. The number of nitrogens with zero attached hydrogens (tertiary/aromatic N) is 4. The van der Waals surface area contributed by atoms with Crippen LogP contribution in [0.15, 0.2) is 66.0 Å². The summed E-state index contributed by atoms with van der Waals surface area (Å²) in [6.07, 6.45) is 6.68. The lowest BCUT2D eigenvalue weighted by Gasteiger charge is -2.11. The van der Waals surface area contributed by atoms with Gasteiger partial charge in [0.2, 0.25) is 15.9 Å². The Labute approximate surface area is 251 Å². The molecule has 0 fully saturated rings. The summed E-state index contributed by atoms with van der Waals surface area (Å²) in [6, 6.07) is 11.0. The molecule has 1 amide bonds. The van der Waals surface area contributed by atoms with Crippen molar-refractivity contribution in [3.05, 3.63) is 95.2 Å². The van der Waals surface area contributed by atoms with Gasteiger partial charge in [0, 0.05) is 47.6 Å². The van der Waals surface area contributed by atoms with Crippen LogP contribution in [0.1, 0.15) is 42.3 Å². The third-order valence-electron chi connectivity index (χ3n) is 7.08. The Morgan fingerprint density at radius 2 is 1.91 bits per heavy atom. The number of amides is 1. The standard InChI is InChI=1S/C31H27F2N7O3S/c1-3-4-25(41)38-22-12-20(14-34-16-22)23-6-5-18-15-36-30(26(18)27(23)33)31-39-24-7-8-35-28(29(24)40-31)19-9-17(10-21(32)11-19)13-37-44(2,42)43/h5-12,14,16,37H,3-4,13,15H2,1-2H3,(H,38,41)(H,39,40). The zero-order valence-corrected chi connectivity index (χ0v) is 24.6. The van der Waals surface area contributed by atoms with Crippen molar-refractivity contribution in [2.24, 2.45) is 4.99 Å². The van der Waals surface area contributed by atoms with Gasteiger partial charge in [-0.15, -0.1) is 0 Å². The molecule has 4 heterocycles. The van der Waals surface area contributed by atoms with Gasteiger partial charge in [-0.1, -0.05) is 19.1 Å². The molecule has 0 saturated carbocycles. The molecule has 3 aromatic heterocycles. The Morgan fingerprint density at radius 1 is 1.07 bits per heavy atom. The molecule has 3 N–H and O–H groups in total. The first-order chi connectivity index (χ1) is 21.1. The molecule has 1 aliphatic rings. The summed E-state index contributed by atoms with van der Waals surface area (Å²) in [4.78, 5) is 33.2. The lowest BCUT2D eigenvalue weighted by atomic mass is 9.97. The molecule has 0 atom stereocenters. The van der Waals surface area contributed by atoms with Gasteiger partial charge >= 0.3 is 0 Å². The number of fused-ring (bicyclic) bond motifs is 2. The average Bonchev–Trinajstić information content (AvgIpc) is 3.61. The number of aliphatic imine (C=N–C) groups is 1. The van der Waals surface area contributed by atoms with Gasteiger partial charge in [0.05, 0.1) is 35.9 Å². The van der Waals surface area contributed by atoms with Gasteiger partial charge in [0.25, 0.3) is 0 Å². The molecule has 0 spiro atoms. The van der Waals surface area contributed by atoms with Crippen molar-refractivity contribution in [3.63, 3.8) is 0 Å². The van der Waals surface area contributed by atoms with Crippen molar-refractivity contribution in [3.8, 4) is 22.4 Å². The number of hydrogen-bond donors (Lipinski definition) is 3. The van der Waals surface area contributed by atoms with Gasteiger partial charge in [-0.2, -0.15) is 0 Å². The summed E-state index contributed by atoms with van der Waals surface area (Å²) in [5.74, 6) is -0.883. The number of carbonyl (C=O) groups is 1. The minimum absolute atomic E-state index is 0.0931. The highest BCUT2D eigenvalue weighted by atomic mass is 32.2. The van der Waals surface area contributed by atoms with Crippen molar-refractivity contribution in [2.75, 3.05) is 11.6 Å². The highest BCUT2D eigenvalue weighted by Gasteiger charge is 2.27. The third kappa shape index (κ3) is 5.96. The fourth-order valence-corrected chi connectivity index (χ4v) is 5.56. The van der Waals surface area contributed by atoms with E-state index in [0.29, 0.717) is 80.2 Å². The zero-order chi connectivity index (χ0) is 31.0. The first-order valence-corrected chi connectivity index (χ1v) is 15.7. The fourth-order valence-electron chi connectivity index (χ4n) is 5.13. The second kappa shape index (κ2) is 11.7. The molecule has 0 radical (unpaired) electrons. The largest absolute Gasteiger partial charge is 0.337 e. The van der Waals surface area contributed by atoms with Gasteiger partial charge in [-0.05, 0) is 47.9 Å². The number of H-pyrrole nitrogens is 1. The second-order valence-corrected chi connectivity index (χ2v) is 12.3. The van der Waals surface area contributed by atoms with Crippen LogP contribution in [0.3, 0.4) is 0 Å². The Kier molecular flexibility index (Phi) is 7.74. The predicted octanol–water partition coefficient (Wildman–Crippen LogP) is 5.10. The molecule has 6 rings (SSSR count). The minimum atomic E-state index is -3.48. The Morgan fingerprint density at radius 3 is 2.70 bits per heavy atom. The molecule has 0 saturated heterocycles. The lowest BCUT2D eigenvalue weighted by Crippen LogP contribution is -2.21. The average molecular weight is 616 g/mol. The summed E-state index contributed by atoms with van der Waals surface area (Å²) in [5.41, 5.74) is 4.77. The Bertz CT molecular complexity index is 2080. The number of benzene rings is 2. The number of halogens is 2. The molecular weight excluding hydrogens is 588 g/mol. The van der Waals surface area contributed by atoms with Gasteiger partial charge in [-0.3, -0.25) is 19.8 Å². The van der Waals surface area contributed by atoms with Crippen LogP contribution in [-0.2, 0) is 27.9 Å². The van der Waals surface area contributed by atoms with Crippen LogP contribution in [0.4, 0.5) is 14.5 Å². The van der Waals surface area contributed by atoms with Crippen LogP contribution in [0.25, 0.3) is 33.4 Å². The van der Waals surface area contributed by atoms with Crippen LogP contribution in [-0.4, -0.2) is 46.2 Å². The molecule has 0 bridgehead atoms. The molecule has 44 heavy (non-hydrogen) atoms. The second-order valence-electron chi connectivity index (χ2n) is 10.5. The minimum Gasteiger partial charge on any atom is -0.337 e. The van der Waals surface area contributed by atoms with E-state index in [9.17, 15) is 17.6 Å². The topological polar surface area (TPSA) is 142 Å². The number of sulfonamides is 1. The van der Waals surface area contributed by atoms with E-state index >= 15 is 4.39 Å². The molecular formula is C31H27F2N7O3S. The summed E-state index contributed by atoms with van der Waals surface area (Å²) < 4.78 is 56.2. The van der Waals surface area contributed by atoms with E-state index in [1.165, 1.54) is 24.5 Å². The number of rotatable bonds is 9. The fraction of sp³-hybridized carbons (Fsp3) is 0.194. The van der Waals surface area contributed by atoms with E-state index in [1.807, 2.05) is 6.92 Å². The number of aromatic amines is 1.